The normalized spacial score (nSPS) is 12.5. The van der Waals surface area contributed by atoms with Gasteiger partial charge in [0.15, 0.2) is 0 Å². The van der Waals surface area contributed by atoms with Crippen LogP contribution in [0.1, 0.15) is 60.3 Å². The Morgan fingerprint density at radius 2 is 1.83 bits per heavy atom. The second kappa shape index (κ2) is 5.61. The Balaban J connectivity index is 3.46. The van der Waals surface area contributed by atoms with Gasteiger partial charge in [-0.05, 0) is 30.6 Å². The summed E-state index contributed by atoms with van der Waals surface area (Å²) in [5, 5.41) is 0. The van der Waals surface area contributed by atoms with Gasteiger partial charge in [0.05, 0.1) is 0 Å². The van der Waals surface area contributed by atoms with Gasteiger partial charge in [0.1, 0.15) is 0 Å². The van der Waals surface area contributed by atoms with Crippen LogP contribution in [0.3, 0.4) is 0 Å². The van der Waals surface area contributed by atoms with Gasteiger partial charge in [-0.3, -0.25) is 0 Å². The maximum absolute atomic E-state index is 2.50. The molecule has 0 atom stereocenters. The van der Waals surface area contributed by atoms with Crippen molar-refractivity contribution in [1.82, 2.24) is 0 Å². The van der Waals surface area contributed by atoms with Gasteiger partial charge in [0.2, 0.25) is 0 Å². The topological polar surface area (TPSA) is 0 Å². The van der Waals surface area contributed by atoms with E-state index in [0.717, 1.165) is 5.92 Å². The zero-order valence-electron chi connectivity index (χ0n) is 9.48. The van der Waals surface area contributed by atoms with Gasteiger partial charge in [-0.15, -0.1) is 0 Å². The molecule has 0 aliphatic heterocycles. The summed E-state index contributed by atoms with van der Waals surface area (Å²) in [5.74, 6) is 0.846. The first-order valence-corrected chi connectivity index (χ1v) is 5.32. The van der Waals surface area contributed by atoms with Gasteiger partial charge in [-0.1, -0.05) is 47.5 Å². The van der Waals surface area contributed by atoms with Gasteiger partial charge in [0.25, 0.3) is 0 Å². The van der Waals surface area contributed by atoms with Crippen LogP contribution in [-0.4, -0.2) is 0 Å². The predicted molar refractivity (Wildman–Crippen MR) is 57.1 cm³/mol. The Hall–Kier alpha value is 0. The van der Waals surface area contributed by atoms with Crippen molar-refractivity contribution in [3.05, 3.63) is 6.42 Å². The van der Waals surface area contributed by atoms with Crippen molar-refractivity contribution in [2.24, 2.45) is 11.3 Å². The van der Waals surface area contributed by atoms with Crippen LogP contribution in [0.2, 0.25) is 0 Å². The van der Waals surface area contributed by atoms with Gasteiger partial charge in [-0.2, -0.15) is 0 Å². The third-order valence-corrected chi connectivity index (χ3v) is 2.34. The highest BCUT2D eigenvalue weighted by Gasteiger charge is 2.15. The van der Waals surface area contributed by atoms with E-state index in [4.69, 9.17) is 0 Å². The molecule has 0 aromatic carbocycles. The van der Waals surface area contributed by atoms with Crippen molar-refractivity contribution < 1.29 is 0 Å². The van der Waals surface area contributed by atoms with E-state index in [1.165, 1.54) is 25.7 Å². The summed E-state index contributed by atoms with van der Waals surface area (Å²) in [6.07, 6.45) is 7.74. The fraction of sp³-hybridized carbons (Fsp3) is 0.917. The van der Waals surface area contributed by atoms with Crippen LogP contribution in [0.25, 0.3) is 0 Å². The van der Waals surface area contributed by atoms with Crippen LogP contribution >= 0.6 is 0 Å². The first-order chi connectivity index (χ1) is 5.48. The molecular weight excluding hydrogens is 144 g/mol. The molecule has 0 rings (SSSR count). The van der Waals surface area contributed by atoms with Crippen LogP contribution in [0.5, 0.6) is 0 Å². The first-order valence-electron chi connectivity index (χ1n) is 5.32. The molecule has 0 N–H and O–H groups in total. The molecule has 0 saturated carbocycles. The van der Waals surface area contributed by atoms with E-state index in [1.807, 2.05) is 0 Å². The van der Waals surface area contributed by atoms with Gasteiger partial charge >= 0.3 is 0 Å². The molecule has 0 nitrogen and oxygen atoms in total. The highest BCUT2D eigenvalue weighted by molar-refractivity contribution is 4.84. The second-order valence-corrected chi connectivity index (χ2v) is 4.91. The third kappa shape index (κ3) is 6.69. The van der Waals surface area contributed by atoms with Crippen molar-refractivity contribution in [2.45, 2.75) is 60.3 Å². The largest absolute Gasteiger partial charge is 0.0654 e. The maximum atomic E-state index is 2.50. The summed E-state index contributed by atoms with van der Waals surface area (Å²) in [6, 6.07) is 0. The van der Waals surface area contributed by atoms with Gasteiger partial charge in [-0.25, -0.2) is 0 Å². The Kier molecular flexibility index (Phi) is 5.61. The van der Waals surface area contributed by atoms with Crippen LogP contribution in [-0.2, 0) is 0 Å². The molecule has 73 valence electrons. The Bertz CT molecular complexity index is 101. The van der Waals surface area contributed by atoms with E-state index in [-0.39, 0.29) is 0 Å². The summed E-state index contributed by atoms with van der Waals surface area (Å²) in [6.45, 7) is 11.5. The maximum Gasteiger partial charge on any atom is -0.0323 e. The van der Waals surface area contributed by atoms with Crippen LogP contribution < -0.4 is 0 Å². The van der Waals surface area contributed by atoms with E-state index in [1.54, 1.807) is 0 Å². The summed E-state index contributed by atoms with van der Waals surface area (Å²) in [5.41, 5.74) is 0.462. The highest BCUT2D eigenvalue weighted by atomic mass is 14.2. The van der Waals surface area contributed by atoms with Crippen LogP contribution in [0.15, 0.2) is 0 Å². The molecule has 0 heteroatoms. The minimum atomic E-state index is 0.462. The highest BCUT2D eigenvalue weighted by Crippen LogP contribution is 2.28. The zero-order valence-corrected chi connectivity index (χ0v) is 9.48. The summed E-state index contributed by atoms with van der Waals surface area (Å²) in [7, 11) is 0. The number of hydrogen-bond donors (Lipinski definition) is 0. The van der Waals surface area contributed by atoms with E-state index >= 15 is 0 Å². The molecule has 0 heterocycles. The van der Waals surface area contributed by atoms with E-state index in [0.29, 0.717) is 5.41 Å². The zero-order chi connectivity index (χ0) is 9.61. The second-order valence-electron chi connectivity index (χ2n) is 4.91. The van der Waals surface area contributed by atoms with E-state index in [2.05, 4.69) is 41.0 Å². The fourth-order valence-corrected chi connectivity index (χ4v) is 1.55. The fourth-order valence-electron chi connectivity index (χ4n) is 1.55. The monoisotopic (exact) mass is 169 g/mol. The Labute approximate surface area is 78.8 Å². The molecule has 12 heavy (non-hydrogen) atoms. The first kappa shape index (κ1) is 12.0. The van der Waals surface area contributed by atoms with E-state index in [9.17, 15) is 0 Å². The average Bonchev–Trinajstić information content (AvgIpc) is 1.85. The lowest BCUT2D eigenvalue weighted by atomic mass is 9.82. The number of rotatable bonds is 6. The summed E-state index contributed by atoms with van der Waals surface area (Å²) < 4.78 is 0. The third-order valence-electron chi connectivity index (χ3n) is 2.34. The minimum absolute atomic E-state index is 0.462. The lowest BCUT2D eigenvalue weighted by Gasteiger charge is -2.23. The van der Waals surface area contributed by atoms with Gasteiger partial charge in [0, 0.05) is 0 Å². The van der Waals surface area contributed by atoms with Crippen LogP contribution in [0, 0.1) is 17.8 Å². The van der Waals surface area contributed by atoms with Crippen molar-refractivity contribution in [3.8, 4) is 0 Å². The van der Waals surface area contributed by atoms with Crippen LogP contribution in [0.4, 0.5) is 0 Å². The molecule has 0 aliphatic rings. The van der Waals surface area contributed by atoms with E-state index < -0.39 is 0 Å². The lowest BCUT2D eigenvalue weighted by molar-refractivity contribution is 0.372. The molecule has 0 aromatic rings. The molecule has 0 aromatic heterocycles. The number of hydrogen-bond acceptors (Lipinski definition) is 0. The summed E-state index contributed by atoms with van der Waals surface area (Å²) >= 11 is 0. The van der Waals surface area contributed by atoms with Crippen molar-refractivity contribution in [2.75, 3.05) is 0 Å². The molecule has 0 bridgehead atoms. The Morgan fingerprint density at radius 1 is 1.25 bits per heavy atom. The van der Waals surface area contributed by atoms with Crippen molar-refractivity contribution in [1.29, 1.82) is 0 Å². The molecule has 0 unspecified atom stereocenters. The molecule has 0 aliphatic carbocycles. The molecule has 0 spiro atoms. The smallest absolute Gasteiger partial charge is 0.0323 e. The summed E-state index contributed by atoms with van der Waals surface area (Å²) in [4.78, 5) is 0. The lowest BCUT2D eigenvalue weighted by Crippen LogP contribution is -2.11. The van der Waals surface area contributed by atoms with Gasteiger partial charge < -0.3 is 0 Å². The van der Waals surface area contributed by atoms with Crippen molar-refractivity contribution in [3.63, 3.8) is 0 Å². The predicted octanol–water partition coefficient (Wildman–Crippen LogP) is 4.45. The standard InChI is InChI=1S/C12H25/c1-6-9-12(4,5)10-7-8-11(2)3/h10-11H,6-9H2,1-5H3. The quantitative estimate of drug-likeness (QED) is 0.551. The molecule has 1 radical (unpaired) electrons. The minimum Gasteiger partial charge on any atom is -0.0654 e. The molecule has 0 saturated heterocycles. The molecule has 0 fully saturated rings. The average molecular weight is 169 g/mol. The molecule has 0 amide bonds. The van der Waals surface area contributed by atoms with Crippen molar-refractivity contribution >= 4 is 0 Å². The SMILES string of the molecule is CCCC(C)(C)[CH]CCC(C)C. The molecular formula is C12H25. The Morgan fingerprint density at radius 3 is 2.25 bits per heavy atom.